The van der Waals surface area contributed by atoms with Gasteiger partial charge in [0.05, 0.1) is 4.75 Å². The van der Waals surface area contributed by atoms with Gasteiger partial charge in [-0.05, 0) is 34.9 Å². The van der Waals surface area contributed by atoms with E-state index >= 15 is 0 Å². The van der Waals surface area contributed by atoms with Crippen molar-refractivity contribution in [3.63, 3.8) is 0 Å². The Bertz CT molecular complexity index is 944. The van der Waals surface area contributed by atoms with Crippen molar-refractivity contribution in [2.24, 2.45) is 0 Å². The van der Waals surface area contributed by atoms with Crippen molar-refractivity contribution in [1.82, 2.24) is 4.90 Å². The van der Waals surface area contributed by atoms with Gasteiger partial charge in [0.2, 0.25) is 0 Å². The third-order valence-corrected chi connectivity index (χ3v) is 6.95. The highest BCUT2D eigenvalue weighted by molar-refractivity contribution is 7.99. The summed E-state index contributed by atoms with van der Waals surface area (Å²) in [6.07, 6.45) is 2.83. The molecule has 29 heavy (non-hydrogen) atoms. The summed E-state index contributed by atoms with van der Waals surface area (Å²) < 4.78 is 5.46. The molecule has 0 aromatic heterocycles. The second kappa shape index (κ2) is 8.75. The van der Waals surface area contributed by atoms with Gasteiger partial charge in [-0.3, -0.25) is 0 Å². The van der Waals surface area contributed by atoms with Crippen LogP contribution >= 0.6 is 11.8 Å². The van der Waals surface area contributed by atoms with E-state index in [2.05, 4.69) is 54.8 Å². The van der Waals surface area contributed by atoms with Crippen LogP contribution < -0.4 is 0 Å². The Kier molecular flexibility index (Phi) is 5.91. The Hall–Kier alpha value is -2.72. The van der Waals surface area contributed by atoms with Crippen LogP contribution in [0, 0.1) is 0 Å². The van der Waals surface area contributed by atoms with Gasteiger partial charge in [-0.2, -0.15) is 11.8 Å². The fraction of sp³-hybridized carbons (Fsp3) is 0.240. The maximum Gasteiger partial charge on any atom is 0.410 e. The molecular formula is C25H25NO2S. The van der Waals surface area contributed by atoms with Gasteiger partial charge >= 0.3 is 6.09 Å². The lowest BCUT2D eigenvalue weighted by Crippen LogP contribution is -2.33. The molecule has 0 bridgehead atoms. The molecule has 1 unspecified atom stereocenters. The van der Waals surface area contributed by atoms with Gasteiger partial charge in [0.25, 0.3) is 0 Å². The molecule has 4 heteroatoms. The zero-order valence-electron chi connectivity index (χ0n) is 16.6. The molecule has 0 radical (unpaired) electrons. The molecule has 1 heterocycles. The van der Waals surface area contributed by atoms with Crippen LogP contribution in [0.5, 0.6) is 0 Å². The van der Waals surface area contributed by atoms with Gasteiger partial charge in [0.15, 0.2) is 0 Å². The van der Waals surface area contributed by atoms with Crippen LogP contribution in [-0.4, -0.2) is 30.3 Å². The molecule has 1 aliphatic heterocycles. The van der Waals surface area contributed by atoms with Crippen LogP contribution in [0.1, 0.15) is 17.5 Å². The molecule has 1 saturated heterocycles. The van der Waals surface area contributed by atoms with E-state index in [9.17, 15) is 4.79 Å². The van der Waals surface area contributed by atoms with Crippen molar-refractivity contribution >= 4 is 17.9 Å². The number of carbonyl (C=O) groups excluding carboxylic acids is 1. The summed E-state index contributed by atoms with van der Waals surface area (Å²) in [5.41, 5.74) is 4.70. The molecule has 1 fully saturated rings. The highest BCUT2D eigenvalue weighted by atomic mass is 32.2. The molecular weight excluding hydrogens is 378 g/mol. The van der Waals surface area contributed by atoms with Crippen molar-refractivity contribution in [3.05, 3.63) is 96.1 Å². The van der Waals surface area contributed by atoms with E-state index in [1.54, 1.807) is 0 Å². The van der Waals surface area contributed by atoms with Gasteiger partial charge in [0.1, 0.15) is 6.61 Å². The van der Waals surface area contributed by atoms with E-state index in [1.165, 1.54) is 16.7 Å². The van der Waals surface area contributed by atoms with Crippen LogP contribution in [0.25, 0.3) is 11.1 Å². The first-order valence-electron chi connectivity index (χ1n) is 9.87. The Morgan fingerprint density at radius 3 is 2.21 bits per heavy atom. The van der Waals surface area contributed by atoms with Gasteiger partial charge < -0.3 is 9.64 Å². The molecule has 148 valence electrons. The largest absolute Gasteiger partial charge is 0.445 e. The lowest BCUT2D eigenvalue weighted by atomic mass is 9.94. The monoisotopic (exact) mass is 403 g/mol. The summed E-state index contributed by atoms with van der Waals surface area (Å²) >= 11 is 1.82. The Balaban J connectivity index is 1.43. The molecule has 3 aromatic rings. The average molecular weight is 404 g/mol. The summed E-state index contributed by atoms with van der Waals surface area (Å²) in [7, 11) is 0. The summed E-state index contributed by atoms with van der Waals surface area (Å²) in [6.45, 7) is 1.70. The number of hydrogen-bond donors (Lipinski definition) is 0. The smallest absolute Gasteiger partial charge is 0.410 e. The van der Waals surface area contributed by atoms with Crippen molar-refractivity contribution < 1.29 is 9.53 Å². The van der Waals surface area contributed by atoms with Gasteiger partial charge in [-0.25, -0.2) is 4.79 Å². The van der Waals surface area contributed by atoms with Gasteiger partial charge in [0, 0.05) is 13.1 Å². The predicted molar refractivity (Wildman–Crippen MR) is 120 cm³/mol. The summed E-state index contributed by atoms with van der Waals surface area (Å²) in [6, 6.07) is 29.0. The van der Waals surface area contributed by atoms with E-state index < -0.39 is 0 Å². The van der Waals surface area contributed by atoms with Crippen LogP contribution in [0.3, 0.4) is 0 Å². The third kappa shape index (κ3) is 4.33. The predicted octanol–water partition coefficient (Wildman–Crippen LogP) is 5.95. The molecule has 0 spiro atoms. The molecule has 4 rings (SSSR count). The topological polar surface area (TPSA) is 29.5 Å². The minimum absolute atomic E-state index is 0.0824. The summed E-state index contributed by atoms with van der Waals surface area (Å²) in [5, 5.41) is 0. The van der Waals surface area contributed by atoms with E-state index in [1.807, 2.05) is 53.1 Å². The van der Waals surface area contributed by atoms with Crippen molar-refractivity contribution in [1.29, 1.82) is 0 Å². The molecule has 3 aromatic carbocycles. The van der Waals surface area contributed by atoms with E-state index in [0.29, 0.717) is 13.2 Å². The Morgan fingerprint density at radius 2 is 1.55 bits per heavy atom. The van der Waals surface area contributed by atoms with E-state index in [-0.39, 0.29) is 10.8 Å². The molecule has 1 amide bonds. The fourth-order valence-electron chi connectivity index (χ4n) is 3.87. The van der Waals surface area contributed by atoms with Crippen molar-refractivity contribution in [2.45, 2.75) is 17.8 Å². The first-order valence-corrected chi connectivity index (χ1v) is 11.1. The standard InChI is InChI=1S/C25H25NO2S/c1-29-25(23-14-12-22(13-15-23)21-10-6-3-7-11-21)16-17-26(19-25)24(27)28-18-20-8-4-2-5-9-20/h2-15H,16-19H2,1H3. The second-order valence-corrected chi connectivity index (χ2v) is 8.54. The number of hydrogen-bond acceptors (Lipinski definition) is 3. The summed E-state index contributed by atoms with van der Waals surface area (Å²) in [5.74, 6) is 0. The van der Waals surface area contributed by atoms with Crippen LogP contribution in [-0.2, 0) is 16.1 Å². The molecule has 3 nitrogen and oxygen atoms in total. The average Bonchev–Trinajstić information content (AvgIpc) is 3.25. The first-order chi connectivity index (χ1) is 14.2. The number of benzene rings is 3. The lowest BCUT2D eigenvalue weighted by molar-refractivity contribution is 0.103. The quantitative estimate of drug-likeness (QED) is 0.527. The second-order valence-electron chi connectivity index (χ2n) is 7.35. The van der Waals surface area contributed by atoms with E-state index in [4.69, 9.17) is 4.74 Å². The van der Waals surface area contributed by atoms with Crippen LogP contribution in [0.2, 0.25) is 0 Å². The highest BCUT2D eigenvalue weighted by Crippen LogP contribution is 2.43. The van der Waals surface area contributed by atoms with Crippen molar-refractivity contribution in [2.75, 3.05) is 19.3 Å². The normalized spacial score (nSPS) is 18.6. The SMILES string of the molecule is CSC1(c2ccc(-c3ccccc3)cc2)CCN(C(=O)OCc2ccccc2)C1. The first kappa shape index (κ1) is 19.6. The molecule has 1 atom stereocenters. The molecule has 0 N–H and O–H groups in total. The third-order valence-electron chi connectivity index (χ3n) is 5.60. The van der Waals surface area contributed by atoms with Gasteiger partial charge in [-0.15, -0.1) is 0 Å². The number of ether oxygens (including phenoxy) is 1. The minimum atomic E-state index is -0.231. The number of rotatable bonds is 5. The number of likely N-dealkylation sites (tertiary alicyclic amines) is 1. The number of amides is 1. The summed E-state index contributed by atoms with van der Waals surface area (Å²) in [4.78, 5) is 14.4. The van der Waals surface area contributed by atoms with Crippen LogP contribution in [0.15, 0.2) is 84.9 Å². The minimum Gasteiger partial charge on any atom is -0.445 e. The maximum atomic E-state index is 12.6. The highest BCUT2D eigenvalue weighted by Gasteiger charge is 2.41. The Morgan fingerprint density at radius 1 is 0.931 bits per heavy atom. The lowest BCUT2D eigenvalue weighted by Gasteiger charge is -2.28. The van der Waals surface area contributed by atoms with Crippen molar-refractivity contribution in [3.8, 4) is 11.1 Å². The molecule has 0 aliphatic carbocycles. The fourth-order valence-corrected chi connectivity index (χ4v) is 4.82. The number of thioether (sulfide) groups is 1. The number of carbonyl (C=O) groups is 1. The zero-order chi connectivity index (χ0) is 20.1. The van der Waals surface area contributed by atoms with Crippen LogP contribution in [0.4, 0.5) is 4.79 Å². The molecule has 0 saturated carbocycles. The number of nitrogens with zero attached hydrogens (tertiary/aromatic N) is 1. The van der Waals surface area contributed by atoms with Gasteiger partial charge in [-0.1, -0.05) is 84.9 Å². The maximum absolute atomic E-state index is 12.6. The molecule has 1 aliphatic rings. The Labute approximate surface area is 176 Å². The van der Waals surface area contributed by atoms with E-state index in [0.717, 1.165) is 18.5 Å². The zero-order valence-corrected chi connectivity index (χ0v) is 17.4.